The molecule has 2 rings (SSSR count). The summed E-state index contributed by atoms with van der Waals surface area (Å²) >= 11 is 0. The van der Waals surface area contributed by atoms with Crippen molar-refractivity contribution in [1.82, 2.24) is 0 Å². The van der Waals surface area contributed by atoms with E-state index in [9.17, 15) is 14.9 Å². The topological polar surface area (TPSA) is 97.7 Å². The number of benzene rings is 2. The van der Waals surface area contributed by atoms with Crippen molar-refractivity contribution in [2.24, 2.45) is 0 Å². The quantitative estimate of drug-likeness (QED) is 0.397. The van der Waals surface area contributed by atoms with Crippen LogP contribution in [0.5, 0.6) is 11.5 Å². The summed E-state index contributed by atoms with van der Waals surface area (Å²) in [5.74, 6) is 0.134. The number of ether oxygens (including phenoxy) is 3. The van der Waals surface area contributed by atoms with Crippen molar-refractivity contribution in [2.75, 3.05) is 25.1 Å². The maximum Gasteiger partial charge on any atom is 0.344 e. The smallest absolute Gasteiger partial charge is 0.344 e. The molecule has 0 aliphatic heterocycles. The standard InChI is InChI=1S/C22H22N2O5/c1-3-27-20-7-5-6-18(13-20)24-22(26)17(14-23)12-16-8-10-19(11-9-16)29-15-21(25)28-4-2/h5-13H,3-4,15H2,1-2H3,(H,24,26)/b17-12-. The molecule has 0 fully saturated rings. The van der Waals surface area contributed by atoms with E-state index in [1.807, 2.05) is 13.0 Å². The maximum absolute atomic E-state index is 12.4. The highest BCUT2D eigenvalue weighted by Gasteiger charge is 2.10. The van der Waals surface area contributed by atoms with Crippen LogP contribution in [-0.2, 0) is 14.3 Å². The van der Waals surface area contributed by atoms with Crippen LogP contribution in [0.2, 0.25) is 0 Å². The largest absolute Gasteiger partial charge is 0.494 e. The van der Waals surface area contributed by atoms with E-state index in [-0.39, 0.29) is 12.2 Å². The summed E-state index contributed by atoms with van der Waals surface area (Å²) in [6, 6.07) is 15.5. The van der Waals surface area contributed by atoms with Crippen molar-refractivity contribution >= 4 is 23.6 Å². The van der Waals surface area contributed by atoms with Crippen molar-refractivity contribution < 1.29 is 23.8 Å². The van der Waals surface area contributed by atoms with Gasteiger partial charge in [0, 0.05) is 11.8 Å². The average molecular weight is 394 g/mol. The van der Waals surface area contributed by atoms with E-state index >= 15 is 0 Å². The molecule has 0 atom stereocenters. The Hall–Kier alpha value is -3.79. The number of esters is 1. The molecule has 0 radical (unpaired) electrons. The van der Waals surface area contributed by atoms with Crippen LogP contribution >= 0.6 is 0 Å². The molecular formula is C22H22N2O5. The van der Waals surface area contributed by atoms with Crippen LogP contribution in [0.15, 0.2) is 54.1 Å². The molecular weight excluding hydrogens is 372 g/mol. The van der Waals surface area contributed by atoms with Gasteiger partial charge in [0.25, 0.3) is 5.91 Å². The summed E-state index contributed by atoms with van der Waals surface area (Å²) in [6.07, 6.45) is 1.47. The van der Waals surface area contributed by atoms with E-state index < -0.39 is 11.9 Å². The van der Waals surface area contributed by atoms with Crippen LogP contribution in [0.1, 0.15) is 19.4 Å². The summed E-state index contributed by atoms with van der Waals surface area (Å²) < 4.78 is 15.5. The van der Waals surface area contributed by atoms with Crippen LogP contribution < -0.4 is 14.8 Å². The van der Waals surface area contributed by atoms with E-state index in [0.717, 1.165) is 0 Å². The van der Waals surface area contributed by atoms with Crippen molar-refractivity contribution in [3.63, 3.8) is 0 Å². The molecule has 0 saturated heterocycles. The normalized spacial score (nSPS) is 10.6. The number of nitrogens with one attached hydrogen (secondary N) is 1. The number of nitrogens with zero attached hydrogens (tertiary/aromatic N) is 1. The second-order valence-corrected chi connectivity index (χ2v) is 5.75. The highest BCUT2D eigenvalue weighted by molar-refractivity contribution is 6.09. The van der Waals surface area contributed by atoms with Crippen molar-refractivity contribution in [3.05, 3.63) is 59.7 Å². The molecule has 0 aliphatic rings. The van der Waals surface area contributed by atoms with Gasteiger partial charge < -0.3 is 19.5 Å². The molecule has 0 aromatic heterocycles. The number of hydrogen-bond donors (Lipinski definition) is 1. The van der Waals surface area contributed by atoms with E-state index in [4.69, 9.17) is 14.2 Å². The lowest BCUT2D eigenvalue weighted by Gasteiger charge is -2.08. The summed E-state index contributed by atoms with van der Waals surface area (Å²) in [5, 5.41) is 12.0. The summed E-state index contributed by atoms with van der Waals surface area (Å²) in [7, 11) is 0. The first-order valence-electron chi connectivity index (χ1n) is 9.10. The molecule has 150 valence electrons. The lowest BCUT2D eigenvalue weighted by Crippen LogP contribution is -2.14. The number of carbonyl (C=O) groups is 2. The first-order valence-corrected chi connectivity index (χ1v) is 9.10. The molecule has 0 heterocycles. The van der Waals surface area contributed by atoms with Gasteiger partial charge in [0.2, 0.25) is 0 Å². The predicted molar refractivity (Wildman–Crippen MR) is 108 cm³/mol. The minimum Gasteiger partial charge on any atom is -0.494 e. The monoisotopic (exact) mass is 394 g/mol. The Morgan fingerprint density at radius 2 is 1.79 bits per heavy atom. The van der Waals surface area contributed by atoms with Crippen LogP contribution in [0.3, 0.4) is 0 Å². The SMILES string of the molecule is CCOC(=O)COc1ccc(/C=C(/C#N)C(=O)Nc2cccc(OCC)c2)cc1. The molecule has 7 heteroatoms. The summed E-state index contributed by atoms with van der Waals surface area (Å²) in [4.78, 5) is 23.7. The molecule has 2 aromatic rings. The maximum atomic E-state index is 12.4. The molecule has 1 amide bonds. The second kappa shape index (κ2) is 11.1. The van der Waals surface area contributed by atoms with Gasteiger partial charge in [-0.3, -0.25) is 4.79 Å². The van der Waals surface area contributed by atoms with E-state index in [1.165, 1.54) is 6.08 Å². The molecule has 0 unspecified atom stereocenters. The number of rotatable bonds is 9. The van der Waals surface area contributed by atoms with Gasteiger partial charge in [0.05, 0.1) is 13.2 Å². The van der Waals surface area contributed by atoms with Gasteiger partial charge in [0.15, 0.2) is 6.61 Å². The Balaban J connectivity index is 2.03. The first-order chi connectivity index (χ1) is 14.0. The third-order valence-electron chi connectivity index (χ3n) is 3.62. The van der Waals surface area contributed by atoms with Crippen molar-refractivity contribution in [1.29, 1.82) is 5.26 Å². The molecule has 7 nitrogen and oxygen atoms in total. The third kappa shape index (κ3) is 7.03. The van der Waals surface area contributed by atoms with Gasteiger partial charge in [-0.25, -0.2) is 4.79 Å². The Morgan fingerprint density at radius 1 is 1.03 bits per heavy atom. The molecule has 1 N–H and O–H groups in total. The lowest BCUT2D eigenvalue weighted by atomic mass is 10.1. The van der Waals surface area contributed by atoms with Crippen LogP contribution in [-0.4, -0.2) is 31.7 Å². The van der Waals surface area contributed by atoms with Gasteiger partial charge in [0.1, 0.15) is 23.1 Å². The van der Waals surface area contributed by atoms with Gasteiger partial charge in [-0.15, -0.1) is 0 Å². The molecule has 0 saturated carbocycles. The molecule has 29 heavy (non-hydrogen) atoms. The zero-order valence-corrected chi connectivity index (χ0v) is 16.3. The van der Waals surface area contributed by atoms with Gasteiger partial charge >= 0.3 is 5.97 Å². The van der Waals surface area contributed by atoms with Gasteiger partial charge in [-0.1, -0.05) is 18.2 Å². The minimum absolute atomic E-state index is 0.0491. The Kier molecular flexibility index (Phi) is 8.27. The van der Waals surface area contributed by atoms with E-state index in [1.54, 1.807) is 55.5 Å². The number of amides is 1. The van der Waals surface area contributed by atoms with E-state index in [2.05, 4.69) is 5.32 Å². The fraction of sp³-hybridized carbons (Fsp3) is 0.227. The fourth-order valence-electron chi connectivity index (χ4n) is 2.35. The zero-order chi connectivity index (χ0) is 21.1. The number of nitriles is 1. The predicted octanol–water partition coefficient (Wildman–Crippen LogP) is 3.57. The molecule has 2 aromatic carbocycles. The zero-order valence-electron chi connectivity index (χ0n) is 16.3. The molecule has 0 bridgehead atoms. The van der Waals surface area contributed by atoms with Gasteiger partial charge in [-0.05, 0) is 49.8 Å². The second-order valence-electron chi connectivity index (χ2n) is 5.75. The Morgan fingerprint density at radius 3 is 2.45 bits per heavy atom. The van der Waals surface area contributed by atoms with Crippen molar-refractivity contribution in [3.8, 4) is 17.6 Å². The summed E-state index contributed by atoms with van der Waals surface area (Å²) in [5.41, 5.74) is 1.13. The fourth-order valence-corrected chi connectivity index (χ4v) is 2.35. The van der Waals surface area contributed by atoms with Crippen molar-refractivity contribution in [2.45, 2.75) is 13.8 Å². The summed E-state index contributed by atoms with van der Waals surface area (Å²) in [6.45, 7) is 4.21. The highest BCUT2D eigenvalue weighted by atomic mass is 16.6. The van der Waals surface area contributed by atoms with Crippen LogP contribution in [0, 0.1) is 11.3 Å². The number of carbonyl (C=O) groups excluding carboxylic acids is 2. The molecule has 0 aliphatic carbocycles. The number of hydrogen-bond acceptors (Lipinski definition) is 6. The Bertz CT molecular complexity index is 914. The average Bonchev–Trinajstić information content (AvgIpc) is 2.72. The van der Waals surface area contributed by atoms with Gasteiger partial charge in [-0.2, -0.15) is 5.26 Å². The third-order valence-corrected chi connectivity index (χ3v) is 3.62. The Labute approximate surface area is 169 Å². The highest BCUT2D eigenvalue weighted by Crippen LogP contribution is 2.19. The number of anilines is 1. The van der Waals surface area contributed by atoms with Crippen LogP contribution in [0.25, 0.3) is 6.08 Å². The van der Waals surface area contributed by atoms with Crippen LogP contribution in [0.4, 0.5) is 5.69 Å². The first kappa shape index (κ1) is 21.5. The molecule has 0 spiro atoms. The lowest BCUT2D eigenvalue weighted by molar-refractivity contribution is -0.145. The van der Waals surface area contributed by atoms with E-state index in [0.29, 0.717) is 36.0 Å². The minimum atomic E-state index is -0.524.